The van der Waals surface area contributed by atoms with Crippen LogP contribution in [0.3, 0.4) is 0 Å². The fraction of sp³-hybridized carbons (Fsp3) is 0.310. The van der Waals surface area contributed by atoms with Crippen LogP contribution in [0.2, 0.25) is 0 Å². The van der Waals surface area contributed by atoms with Crippen LogP contribution in [0.25, 0.3) is 22.3 Å². The summed E-state index contributed by atoms with van der Waals surface area (Å²) in [6, 6.07) is 15.2. The van der Waals surface area contributed by atoms with Crippen LogP contribution in [0.5, 0.6) is 0 Å². The Bertz CT molecular complexity index is 1150. The highest BCUT2D eigenvalue weighted by Gasteiger charge is 2.24. The zero-order valence-corrected chi connectivity index (χ0v) is 19.5. The molecule has 4 rings (SSSR count). The Labute approximate surface area is 199 Å². The third-order valence-corrected chi connectivity index (χ3v) is 6.29. The molecule has 0 spiro atoms. The molecule has 0 N–H and O–H groups in total. The molecule has 1 saturated heterocycles. The minimum absolute atomic E-state index is 0.0205. The normalized spacial score (nSPS) is 18.5. The second-order valence-electron chi connectivity index (χ2n) is 8.51. The van der Waals surface area contributed by atoms with Gasteiger partial charge < -0.3 is 9.47 Å². The van der Waals surface area contributed by atoms with Gasteiger partial charge in [0.1, 0.15) is 5.82 Å². The van der Waals surface area contributed by atoms with Crippen molar-refractivity contribution >= 4 is 0 Å². The smallest absolute Gasteiger partial charge is 0.166 e. The van der Waals surface area contributed by atoms with Gasteiger partial charge >= 0.3 is 0 Å². The summed E-state index contributed by atoms with van der Waals surface area (Å²) in [7, 11) is 0. The lowest BCUT2D eigenvalue weighted by Gasteiger charge is -2.29. The first kappa shape index (κ1) is 24.2. The maximum atomic E-state index is 15.0. The number of benzene rings is 3. The molecule has 0 unspecified atom stereocenters. The van der Waals surface area contributed by atoms with Gasteiger partial charge in [0.15, 0.2) is 17.9 Å². The van der Waals surface area contributed by atoms with Crippen molar-refractivity contribution < 1.29 is 22.6 Å². The minimum atomic E-state index is -0.858. The Hall–Kier alpha value is -2.89. The van der Waals surface area contributed by atoms with Crippen LogP contribution >= 0.6 is 0 Å². The zero-order chi connectivity index (χ0) is 24.1. The number of allylic oxidation sites excluding steroid dienone is 2. The zero-order valence-electron chi connectivity index (χ0n) is 19.5. The average molecular weight is 467 g/mol. The highest BCUT2D eigenvalue weighted by atomic mass is 19.2. The number of hydrogen-bond acceptors (Lipinski definition) is 2. The van der Waals surface area contributed by atoms with Crippen molar-refractivity contribution in [1.82, 2.24) is 0 Å². The summed E-state index contributed by atoms with van der Waals surface area (Å²) in [4.78, 5) is 0. The SMILES string of the molecule is C/C=C/CCC1OCC(c2ccc(-c3ccc(-c4ccc(CC)c(F)c4F)cc3)c(F)c2)CO1. The van der Waals surface area contributed by atoms with E-state index in [1.165, 1.54) is 6.07 Å². The lowest BCUT2D eigenvalue weighted by Crippen LogP contribution is -2.30. The molecule has 0 amide bonds. The van der Waals surface area contributed by atoms with Gasteiger partial charge in [-0.1, -0.05) is 67.6 Å². The molecule has 0 aliphatic carbocycles. The molecule has 0 atom stereocenters. The molecular weight excluding hydrogens is 437 g/mol. The van der Waals surface area contributed by atoms with Gasteiger partial charge in [0.25, 0.3) is 0 Å². The van der Waals surface area contributed by atoms with E-state index in [1.54, 1.807) is 49.4 Å². The van der Waals surface area contributed by atoms with Gasteiger partial charge in [-0.3, -0.25) is 0 Å². The van der Waals surface area contributed by atoms with Crippen molar-refractivity contribution in [3.8, 4) is 22.3 Å². The van der Waals surface area contributed by atoms with E-state index < -0.39 is 11.6 Å². The van der Waals surface area contributed by atoms with E-state index in [1.807, 2.05) is 19.1 Å². The standard InChI is InChI=1S/C29H29F3O2/c1-3-5-6-7-27-33-17-23(18-34-27)22-13-14-24(26(30)16-22)20-8-10-21(11-9-20)25-15-12-19(4-2)28(31)29(25)32/h3,5,8-16,23,27H,4,6-7,17-18H2,1-2H3/b5-3+. The molecule has 5 heteroatoms. The van der Waals surface area contributed by atoms with Crippen molar-refractivity contribution in [2.45, 2.75) is 45.3 Å². The first-order chi connectivity index (χ1) is 16.5. The van der Waals surface area contributed by atoms with Gasteiger partial charge in [0, 0.05) is 23.5 Å². The van der Waals surface area contributed by atoms with Crippen LogP contribution in [-0.4, -0.2) is 19.5 Å². The first-order valence-electron chi connectivity index (χ1n) is 11.7. The molecule has 0 radical (unpaired) electrons. The van der Waals surface area contributed by atoms with E-state index >= 15 is 0 Å². The van der Waals surface area contributed by atoms with Crippen LogP contribution in [0.15, 0.2) is 66.7 Å². The maximum Gasteiger partial charge on any atom is 0.166 e. The van der Waals surface area contributed by atoms with E-state index in [4.69, 9.17) is 9.47 Å². The number of aryl methyl sites for hydroxylation is 1. The monoisotopic (exact) mass is 466 g/mol. The van der Waals surface area contributed by atoms with Crippen LogP contribution in [-0.2, 0) is 15.9 Å². The van der Waals surface area contributed by atoms with Crippen molar-refractivity contribution in [1.29, 1.82) is 0 Å². The van der Waals surface area contributed by atoms with Crippen LogP contribution in [0.1, 0.15) is 43.7 Å². The van der Waals surface area contributed by atoms with Crippen LogP contribution in [0.4, 0.5) is 13.2 Å². The van der Waals surface area contributed by atoms with E-state index in [0.717, 1.165) is 18.4 Å². The largest absolute Gasteiger partial charge is 0.352 e. The van der Waals surface area contributed by atoms with Crippen LogP contribution < -0.4 is 0 Å². The average Bonchev–Trinajstić information content (AvgIpc) is 2.86. The van der Waals surface area contributed by atoms with Gasteiger partial charge in [0.05, 0.1) is 13.2 Å². The second-order valence-corrected chi connectivity index (χ2v) is 8.51. The van der Waals surface area contributed by atoms with Crippen molar-refractivity contribution in [2.24, 2.45) is 0 Å². The van der Waals surface area contributed by atoms with Crippen molar-refractivity contribution in [3.05, 3.63) is 95.3 Å². The van der Waals surface area contributed by atoms with Gasteiger partial charge in [-0.2, -0.15) is 0 Å². The summed E-state index contributed by atoms with van der Waals surface area (Å²) in [5.41, 5.74) is 3.03. The molecule has 0 aromatic heterocycles. The summed E-state index contributed by atoms with van der Waals surface area (Å²) < 4.78 is 55.3. The van der Waals surface area contributed by atoms with Gasteiger partial charge in [0.2, 0.25) is 0 Å². The molecule has 0 bridgehead atoms. The molecule has 1 fully saturated rings. The molecule has 178 valence electrons. The van der Waals surface area contributed by atoms with Gasteiger partial charge in [-0.05, 0) is 48.1 Å². The second kappa shape index (κ2) is 11.0. The lowest BCUT2D eigenvalue weighted by atomic mass is 9.95. The third-order valence-electron chi connectivity index (χ3n) is 6.29. The lowest BCUT2D eigenvalue weighted by molar-refractivity contribution is -0.189. The highest BCUT2D eigenvalue weighted by Crippen LogP contribution is 2.32. The molecule has 1 aliphatic heterocycles. The molecule has 34 heavy (non-hydrogen) atoms. The number of ether oxygens (including phenoxy) is 2. The Kier molecular flexibility index (Phi) is 7.86. The Balaban J connectivity index is 1.46. The summed E-state index contributed by atoms with van der Waals surface area (Å²) >= 11 is 0. The van der Waals surface area contributed by atoms with Crippen LogP contribution in [0, 0.1) is 17.5 Å². The molecule has 1 heterocycles. The minimum Gasteiger partial charge on any atom is -0.352 e. The predicted molar refractivity (Wildman–Crippen MR) is 129 cm³/mol. The fourth-order valence-corrected chi connectivity index (χ4v) is 4.24. The Morgan fingerprint density at radius 1 is 0.853 bits per heavy atom. The first-order valence-corrected chi connectivity index (χ1v) is 11.7. The molecule has 3 aromatic rings. The number of hydrogen-bond donors (Lipinski definition) is 0. The van der Waals surface area contributed by atoms with Crippen molar-refractivity contribution in [3.63, 3.8) is 0 Å². The predicted octanol–water partition coefficient (Wildman–Crippen LogP) is 7.81. The summed E-state index contributed by atoms with van der Waals surface area (Å²) in [6.07, 6.45) is 6.00. The molecular formula is C29H29F3O2. The fourth-order valence-electron chi connectivity index (χ4n) is 4.24. The van der Waals surface area contributed by atoms with E-state index in [0.29, 0.717) is 41.9 Å². The maximum absolute atomic E-state index is 15.0. The number of halogens is 3. The van der Waals surface area contributed by atoms with Gasteiger partial charge in [-0.15, -0.1) is 0 Å². The topological polar surface area (TPSA) is 18.5 Å². The van der Waals surface area contributed by atoms with E-state index in [2.05, 4.69) is 6.08 Å². The third kappa shape index (κ3) is 5.26. The Morgan fingerprint density at radius 2 is 1.50 bits per heavy atom. The van der Waals surface area contributed by atoms with Crippen molar-refractivity contribution in [2.75, 3.05) is 13.2 Å². The highest BCUT2D eigenvalue weighted by molar-refractivity contribution is 5.71. The molecule has 0 saturated carbocycles. The molecule has 1 aliphatic rings. The summed E-state index contributed by atoms with van der Waals surface area (Å²) in [6.45, 7) is 4.75. The molecule has 3 aromatic carbocycles. The quantitative estimate of drug-likeness (QED) is 0.331. The van der Waals surface area contributed by atoms with E-state index in [-0.39, 0.29) is 23.6 Å². The summed E-state index contributed by atoms with van der Waals surface area (Å²) in [5.74, 6) is -2.04. The molecule has 2 nitrogen and oxygen atoms in total. The van der Waals surface area contributed by atoms with Gasteiger partial charge in [-0.25, -0.2) is 13.2 Å². The van der Waals surface area contributed by atoms with E-state index in [9.17, 15) is 13.2 Å². The number of rotatable bonds is 7. The summed E-state index contributed by atoms with van der Waals surface area (Å²) in [5, 5.41) is 0. The Morgan fingerprint density at radius 3 is 2.12 bits per heavy atom.